The first kappa shape index (κ1) is 18.3. The fraction of sp³-hybridized carbons (Fsp3) is 0.667. The minimum Gasteiger partial charge on any atom is -0.346 e. The van der Waals surface area contributed by atoms with Crippen LogP contribution in [0.25, 0.3) is 0 Å². The van der Waals surface area contributed by atoms with Gasteiger partial charge < -0.3 is 15.2 Å². The summed E-state index contributed by atoms with van der Waals surface area (Å²) >= 11 is 1.63. The highest BCUT2D eigenvalue weighted by atomic mass is 32.1. The summed E-state index contributed by atoms with van der Waals surface area (Å²) < 4.78 is 0. The van der Waals surface area contributed by atoms with Gasteiger partial charge in [-0.2, -0.15) is 0 Å². The van der Waals surface area contributed by atoms with Gasteiger partial charge in [-0.05, 0) is 58.9 Å². The summed E-state index contributed by atoms with van der Waals surface area (Å²) in [5, 5.41) is 4.60. The predicted octanol–water partition coefficient (Wildman–Crippen LogP) is 3.28. The van der Waals surface area contributed by atoms with Gasteiger partial charge in [-0.3, -0.25) is 4.79 Å². The molecule has 2 N–H and O–H groups in total. The summed E-state index contributed by atoms with van der Waals surface area (Å²) in [5.41, 5.74) is 3.40. The van der Waals surface area contributed by atoms with Gasteiger partial charge in [0, 0.05) is 36.7 Å². The molecule has 3 atom stereocenters. The Morgan fingerprint density at radius 3 is 2.89 bits per heavy atom. The van der Waals surface area contributed by atoms with E-state index in [1.54, 1.807) is 11.3 Å². The van der Waals surface area contributed by atoms with Gasteiger partial charge in [0.05, 0.1) is 16.4 Å². The van der Waals surface area contributed by atoms with Crippen LogP contribution in [0.4, 0.5) is 0 Å². The number of carbonyl (C=O) groups is 1. The molecule has 2 saturated heterocycles. The zero-order valence-electron chi connectivity index (χ0n) is 16.8. The van der Waals surface area contributed by atoms with Crippen molar-refractivity contribution in [3.8, 4) is 0 Å². The number of fused-ring (bicyclic) bond motifs is 3. The van der Waals surface area contributed by atoms with E-state index in [9.17, 15) is 4.79 Å². The molecule has 1 unspecified atom stereocenters. The van der Waals surface area contributed by atoms with Crippen molar-refractivity contribution in [3.63, 3.8) is 0 Å². The first-order chi connectivity index (χ1) is 13.6. The number of piperidine rings is 2. The van der Waals surface area contributed by atoms with Gasteiger partial charge in [0.15, 0.2) is 0 Å². The second-order valence-corrected chi connectivity index (χ2v) is 9.58. The molecule has 1 aliphatic carbocycles. The van der Waals surface area contributed by atoms with E-state index < -0.39 is 0 Å². The number of carbonyl (C=O) groups excluding carboxylic acids is 1. The Labute approximate surface area is 170 Å². The van der Waals surface area contributed by atoms with Gasteiger partial charge in [-0.15, -0.1) is 11.3 Å². The number of H-pyrrole nitrogens is 1. The maximum Gasteiger partial charge on any atom is 0.266 e. The average Bonchev–Trinajstić information content (AvgIpc) is 3.29. The van der Waals surface area contributed by atoms with Crippen LogP contribution in [-0.4, -0.2) is 51.4 Å². The number of nitrogens with zero attached hydrogens (tertiary/aromatic N) is 3. The molecule has 1 amide bonds. The molecule has 0 saturated carbocycles. The number of aromatic nitrogens is 3. The third-order valence-corrected chi connectivity index (χ3v) is 7.97. The van der Waals surface area contributed by atoms with Crippen LogP contribution in [-0.2, 0) is 6.42 Å². The summed E-state index contributed by atoms with van der Waals surface area (Å²) in [6.07, 6.45) is 6.56. The van der Waals surface area contributed by atoms with Gasteiger partial charge in [-0.1, -0.05) is 0 Å². The van der Waals surface area contributed by atoms with Crippen molar-refractivity contribution in [1.29, 1.82) is 0 Å². The standard InChI is InChI=1S/C21H29N5OS/c1-12-19(28-20(23-12)14-5-3-9-22-11-14)21(27)26-10-4-6-15-17(26)8-7-16-18(15)25-13(2)24-16/h14-15,17,22H,3-11H2,1-2H3,(H,24,25)/t14?,15-,17-/m1/s1. The maximum absolute atomic E-state index is 13.5. The van der Waals surface area contributed by atoms with E-state index in [4.69, 9.17) is 9.97 Å². The lowest BCUT2D eigenvalue weighted by Crippen LogP contribution is -2.49. The Bertz CT molecular complexity index is 881. The molecule has 6 nitrogen and oxygen atoms in total. The topological polar surface area (TPSA) is 73.9 Å². The number of hydrogen-bond acceptors (Lipinski definition) is 5. The largest absolute Gasteiger partial charge is 0.346 e. The fourth-order valence-electron chi connectivity index (χ4n) is 5.32. The van der Waals surface area contributed by atoms with Gasteiger partial charge in [0.25, 0.3) is 5.91 Å². The number of amides is 1. The zero-order chi connectivity index (χ0) is 19.3. The highest BCUT2D eigenvalue weighted by Crippen LogP contribution is 2.41. The fourth-order valence-corrected chi connectivity index (χ4v) is 6.47. The number of thiazole rings is 1. The van der Waals surface area contributed by atoms with Crippen LogP contribution >= 0.6 is 11.3 Å². The smallest absolute Gasteiger partial charge is 0.266 e. The van der Waals surface area contributed by atoms with E-state index in [0.717, 1.165) is 66.7 Å². The number of aryl methyl sites for hydroxylation is 3. The van der Waals surface area contributed by atoms with Crippen LogP contribution in [0.5, 0.6) is 0 Å². The second-order valence-electron chi connectivity index (χ2n) is 8.55. The Morgan fingerprint density at radius 2 is 2.07 bits per heavy atom. The molecule has 2 aromatic rings. The highest BCUT2D eigenvalue weighted by molar-refractivity contribution is 7.13. The number of aromatic amines is 1. The molecule has 3 aliphatic rings. The van der Waals surface area contributed by atoms with Crippen molar-refractivity contribution < 1.29 is 4.79 Å². The Kier molecular flexibility index (Phi) is 4.75. The first-order valence-electron chi connectivity index (χ1n) is 10.7. The lowest BCUT2D eigenvalue weighted by molar-refractivity contribution is 0.0547. The third kappa shape index (κ3) is 3.08. The molecule has 7 heteroatoms. The minimum atomic E-state index is 0.190. The molecule has 0 spiro atoms. The molecule has 0 aromatic carbocycles. The maximum atomic E-state index is 13.5. The SMILES string of the molecule is Cc1nc2c([nH]1)CC[C@@H]1[C@H]2CCCN1C(=O)c1sc(C2CCCNC2)nc1C. The summed E-state index contributed by atoms with van der Waals surface area (Å²) in [6.45, 7) is 6.97. The Morgan fingerprint density at radius 1 is 1.18 bits per heavy atom. The number of rotatable bonds is 2. The van der Waals surface area contributed by atoms with Crippen LogP contribution in [0.1, 0.15) is 81.5 Å². The summed E-state index contributed by atoms with van der Waals surface area (Å²) in [7, 11) is 0. The molecule has 150 valence electrons. The van der Waals surface area contributed by atoms with Gasteiger partial charge in [0.2, 0.25) is 0 Å². The summed E-state index contributed by atoms with van der Waals surface area (Å²) in [5.74, 6) is 2.02. The van der Waals surface area contributed by atoms with Gasteiger partial charge in [0.1, 0.15) is 10.7 Å². The van der Waals surface area contributed by atoms with Crippen LogP contribution in [0.15, 0.2) is 0 Å². The number of likely N-dealkylation sites (tertiary alicyclic amines) is 1. The molecule has 4 heterocycles. The number of nitrogens with one attached hydrogen (secondary N) is 2. The lowest BCUT2D eigenvalue weighted by Gasteiger charge is -2.43. The van der Waals surface area contributed by atoms with E-state index in [0.29, 0.717) is 11.8 Å². The van der Waals surface area contributed by atoms with Crippen molar-refractivity contribution in [2.24, 2.45) is 0 Å². The van der Waals surface area contributed by atoms with Crippen LogP contribution in [0, 0.1) is 13.8 Å². The predicted molar refractivity (Wildman–Crippen MR) is 110 cm³/mol. The second kappa shape index (κ2) is 7.26. The summed E-state index contributed by atoms with van der Waals surface area (Å²) in [4.78, 5) is 29.5. The molecule has 0 bridgehead atoms. The molecule has 2 fully saturated rings. The van der Waals surface area contributed by atoms with Crippen molar-refractivity contribution in [2.45, 2.75) is 70.3 Å². The zero-order valence-corrected chi connectivity index (χ0v) is 17.6. The van der Waals surface area contributed by atoms with E-state index >= 15 is 0 Å². The molecule has 28 heavy (non-hydrogen) atoms. The Balaban J connectivity index is 1.40. The van der Waals surface area contributed by atoms with Crippen LogP contribution in [0.2, 0.25) is 0 Å². The number of hydrogen-bond donors (Lipinski definition) is 2. The van der Waals surface area contributed by atoms with Crippen molar-refractivity contribution in [2.75, 3.05) is 19.6 Å². The highest BCUT2D eigenvalue weighted by Gasteiger charge is 2.41. The molecule has 0 radical (unpaired) electrons. The average molecular weight is 400 g/mol. The minimum absolute atomic E-state index is 0.190. The Hall–Kier alpha value is -1.73. The van der Waals surface area contributed by atoms with Gasteiger partial charge >= 0.3 is 0 Å². The van der Waals surface area contributed by atoms with E-state index in [-0.39, 0.29) is 11.9 Å². The molecular formula is C21H29N5OS. The number of imidazole rings is 1. The van der Waals surface area contributed by atoms with Crippen molar-refractivity contribution in [3.05, 3.63) is 32.8 Å². The quantitative estimate of drug-likeness (QED) is 0.813. The van der Waals surface area contributed by atoms with Gasteiger partial charge in [-0.25, -0.2) is 9.97 Å². The van der Waals surface area contributed by atoms with E-state index in [1.807, 2.05) is 13.8 Å². The third-order valence-electron chi connectivity index (χ3n) is 6.66. The monoisotopic (exact) mass is 399 g/mol. The molecule has 2 aliphatic heterocycles. The molecular weight excluding hydrogens is 370 g/mol. The molecule has 2 aromatic heterocycles. The van der Waals surface area contributed by atoms with E-state index in [2.05, 4.69) is 15.2 Å². The van der Waals surface area contributed by atoms with Crippen molar-refractivity contribution in [1.82, 2.24) is 25.2 Å². The normalized spacial score (nSPS) is 27.4. The molecule has 5 rings (SSSR count). The first-order valence-corrected chi connectivity index (χ1v) is 11.5. The van der Waals surface area contributed by atoms with Crippen molar-refractivity contribution >= 4 is 17.2 Å². The van der Waals surface area contributed by atoms with E-state index in [1.165, 1.54) is 24.2 Å². The van der Waals surface area contributed by atoms with Crippen LogP contribution < -0.4 is 5.32 Å². The summed E-state index contributed by atoms with van der Waals surface area (Å²) in [6, 6.07) is 0.276. The lowest BCUT2D eigenvalue weighted by atomic mass is 9.78. The van der Waals surface area contributed by atoms with Crippen LogP contribution in [0.3, 0.4) is 0 Å².